The summed E-state index contributed by atoms with van der Waals surface area (Å²) in [6.45, 7) is 4.75. The second-order valence-electron chi connectivity index (χ2n) is 6.48. The number of benzene rings is 1. The van der Waals surface area contributed by atoms with Crippen LogP contribution in [0.2, 0.25) is 0 Å². The number of rotatable bonds is 3. The number of nitrogens with zero attached hydrogens (tertiary/aromatic N) is 5. The van der Waals surface area contributed by atoms with Crippen molar-refractivity contribution in [1.29, 1.82) is 0 Å². The molecule has 1 saturated heterocycles. The maximum atomic E-state index is 13.5. The Labute approximate surface area is 142 Å². The second kappa shape index (κ2) is 6.02. The molecule has 4 rings (SSSR count). The predicted octanol–water partition coefficient (Wildman–Crippen LogP) is 3.76. The van der Waals surface area contributed by atoms with Crippen molar-refractivity contribution in [3.63, 3.8) is 0 Å². The van der Waals surface area contributed by atoms with E-state index in [0.717, 1.165) is 31.5 Å². The summed E-state index contributed by atoms with van der Waals surface area (Å²) in [5.41, 5.74) is 0.637. The Morgan fingerprint density at radius 3 is 2.64 bits per heavy atom. The van der Waals surface area contributed by atoms with Gasteiger partial charge in [-0.05, 0) is 12.8 Å². The van der Waals surface area contributed by atoms with E-state index in [0.29, 0.717) is 28.6 Å². The van der Waals surface area contributed by atoms with Gasteiger partial charge in [-0.15, -0.1) is 0 Å². The minimum absolute atomic E-state index is 0.0618. The molecule has 0 saturated carbocycles. The molecule has 0 amide bonds. The molecular weight excluding hydrogens is 328 g/mol. The Kier molecular flexibility index (Phi) is 3.82. The summed E-state index contributed by atoms with van der Waals surface area (Å²) in [6.07, 6.45) is 3.39. The highest BCUT2D eigenvalue weighted by Crippen LogP contribution is 2.34. The van der Waals surface area contributed by atoms with Gasteiger partial charge in [0.25, 0.3) is 0 Å². The van der Waals surface area contributed by atoms with E-state index in [-0.39, 0.29) is 12.0 Å². The van der Waals surface area contributed by atoms with Crippen molar-refractivity contribution < 1.29 is 13.3 Å². The van der Waals surface area contributed by atoms with Crippen molar-refractivity contribution >= 4 is 16.9 Å². The van der Waals surface area contributed by atoms with Gasteiger partial charge in [-0.1, -0.05) is 19.0 Å². The Morgan fingerprint density at radius 1 is 1.16 bits per heavy atom. The minimum atomic E-state index is -0.934. The lowest BCUT2D eigenvalue weighted by molar-refractivity contribution is 0.358. The Hall–Kier alpha value is -2.64. The molecule has 25 heavy (non-hydrogen) atoms. The third kappa shape index (κ3) is 2.81. The van der Waals surface area contributed by atoms with E-state index < -0.39 is 11.6 Å². The Morgan fingerprint density at radius 2 is 1.92 bits per heavy atom. The molecule has 1 aliphatic rings. The fraction of sp³-hybridized carbons (Fsp3) is 0.412. The van der Waals surface area contributed by atoms with Gasteiger partial charge in [-0.3, -0.25) is 4.98 Å². The minimum Gasteiger partial charge on any atom is -0.345 e. The summed E-state index contributed by atoms with van der Waals surface area (Å²) in [6, 6.07) is 2.06. The SMILES string of the molecule is CC(C)c1nc([C@H]2CCCN2c2cnc3cc(F)c(F)cc3n2)no1. The molecule has 8 heteroatoms. The van der Waals surface area contributed by atoms with Crippen LogP contribution in [-0.2, 0) is 0 Å². The van der Waals surface area contributed by atoms with Gasteiger partial charge in [0.15, 0.2) is 17.5 Å². The van der Waals surface area contributed by atoms with Gasteiger partial charge in [0.05, 0.1) is 23.3 Å². The lowest BCUT2D eigenvalue weighted by atomic mass is 10.2. The van der Waals surface area contributed by atoms with Crippen molar-refractivity contribution in [3.05, 3.63) is 41.7 Å². The van der Waals surface area contributed by atoms with Gasteiger partial charge >= 0.3 is 0 Å². The van der Waals surface area contributed by atoms with Crippen LogP contribution in [0.1, 0.15) is 50.4 Å². The quantitative estimate of drug-likeness (QED) is 0.720. The van der Waals surface area contributed by atoms with Crippen molar-refractivity contribution in [2.24, 2.45) is 0 Å². The molecule has 1 atom stereocenters. The zero-order valence-electron chi connectivity index (χ0n) is 13.9. The number of hydrogen-bond donors (Lipinski definition) is 0. The molecule has 3 heterocycles. The molecule has 6 nitrogen and oxygen atoms in total. The average Bonchev–Trinajstić information content (AvgIpc) is 3.24. The van der Waals surface area contributed by atoms with E-state index in [1.807, 2.05) is 18.7 Å². The van der Waals surface area contributed by atoms with Gasteiger partial charge < -0.3 is 9.42 Å². The van der Waals surface area contributed by atoms with Crippen LogP contribution in [0.3, 0.4) is 0 Å². The average molecular weight is 345 g/mol. The summed E-state index contributed by atoms with van der Waals surface area (Å²) < 4.78 is 32.1. The van der Waals surface area contributed by atoms with Gasteiger partial charge in [0, 0.05) is 24.6 Å². The van der Waals surface area contributed by atoms with Crippen molar-refractivity contribution in [1.82, 2.24) is 20.1 Å². The normalized spacial score (nSPS) is 17.8. The summed E-state index contributed by atoms with van der Waals surface area (Å²) >= 11 is 0. The molecule has 0 unspecified atom stereocenters. The van der Waals surface area contributed by atoms with Crippen LogP contribution in [0.5, 0.6) is 0 Å². The molecule has 1 fully saturated rings. The lowest BCUT2D eigenvalue weighted by Crippen LogP contribution is -2.24. The first-order chi connectivity index (χ1) is 12.0. The zero-order chi connectivity index (χ0) is 17.6. The summed E-state index contributed by atoms with van der Waals surface area (Å²) in [7, 11) is 0. The number of anilines is 1. The molecule has 3 aromatic rings. The molecule has 0 bridgehead atoms. The first-order valence-corrected chi connectivity index (χ1v) is 8.25. The largest absolute Gasteiger partial charge is 0.345 e. The van der Waals surface area contributed by atoms with Gasteiger partial charge in [0.1, 0.15) is 5.82 Å². The summed E-state index contributed by atoms with van der Waals surface area (Å²) in [5.74, 6) is 0.113. The van der Waals surface area contributed by atoms with E-state index in [1.165, 1.54) is 0 Å². The zero-order valence-corrected chi connectivity index (χ0v) is 13.9. The fourth-order valence-corrected chi connectivity index (χ4v) is 3.06. The number of aromatic nitrogens is 4. The van der Waals surface area contributed by atoms with Crippen LogP contribution in [-0.4, -0.2) is 26.7 Å². The van der Waals surface area contributed by atoms with E-state index >= 15 is 0 Å². The number of hydrogen-bond acceptors (Lipinski definition) is 6. The third-order valence-electron chi connectivity index (χ3n) is 4.37. The van der Waals surface area contributed by atoms with Gasteiger partial charge in [0.2, 0.25) is 5.89 Å². The van der Waals surface area contributed by atoms with Crippen LogP contribution in [0.4, 0.5) is 14.6 Å². The smallest absolute Gasteiger partial charge is 0.229 e. The van der Waals surface area contributed by atoms with Crippen LogP contribution in [0.25, 0.3) is 11.0 Å². The highest BCUT2D eigenvalue weighted by atomic mass is 19.2. The maximum absolute atomic E-state index is 13.5. The lowest BCUT2D eigenvalue weighted by Gasteiger charge is -2.23. The topological polar surface area (TPSA) is 67.9 Å². The first-order valence-electron chi connectivity index (χ1n) is 8.25. The molecule has 0 spiro atoms. The van der Waals surface area contributed by atoms with Crippen molar-refractivity contribution in [2.75, 3.05) is 11.4 Å². The van der Waals surface area contributed by atoms with Crippen LogP contribution in [0.15, 0.2) is 22.9 Å². The maximum Gasteiger partial charge on any atom is 0.229 e. The second-order valence-corrected chi connectivity index (χ2v) is 6.48. The highest BCUT2D eigenvalue weighted by Gasteiger charge is 2.31. The summed E-state index contributed by atoms with van der Waals surface area (Å²) in [5, 5.41) is 4.10. The highest BCUT2D eigenvalue weighted by molar-refractivity contribution is 5.75. The van der Waals surface area contributed by atoms with E-state index in [1.54, 1.807) is 6.20 Å². The standard InChI is InChI=1S/C17H17F2N5O/c1-9(2)17-22-16(23-25-17)14-4-3-5-24(14)15-8-20-12-6-10(18)11(19)7-13(12)21-15/h6-9,14H,3-5H2,1-2H3/t14-/m1/s1. The predicted molar refractivity (Wildman–Crippen MR) is 87.2 cm³/mol. The summed E-state index contributed by atoms with van der Waals surface area (Å²) in [4.78, 5) is 15.2. The van der Waals surface area contributed by atoms with Crippen LogP contribution < -0.4 is 4.90 Å². The van der Waals surface area contributed by atoms with E-state index in [4.69, 9.17) is 4.52 Å². The molecule has 1 aromatic carbocycles. The monoisotopic (exact) mass is 345 g/mol. The third-order valence-corrected chi connectivity index (χ3v) is 4.37. The number of fused-ring (bicyclic) bond motifs is 1. The van der Waals surface area contributed by atoms with Gasteiger partial charge in [-0.25, -0.2) is 13.8 Å². The number of halogens is 2. The molecule has 0 aliphatic carbocycles. The van der Waals surface area contributed by atoms with Crippen LogP contribution in [0, 0.1) is 11.6 Å². The Bertz CT molecular complexity index is 927. The van der Waals surface area contributed by atoms with Crippen molar-refractivity contribution in [3.8, 4) is 0 Å². The van der Waals surface area contributed by atoms with E-state index in [2.05, 4.69) is 20.1 Å². The van der Waals surface area contributed by atoms with E-state index in [9.17, 15) is 8.78 Å². The Balaban J connectivity index is 1.69. The van der Waals surface area contributed by atoms with Gasteiger partial charge in [-0.2, -0.15) is 4.98 Å². The first kappa shape index (κ1) is 15.9. The van der Waals surface area contributed by atoms with Crippen molar-refractivity contribution in [2.45, 2.75) is 38.6 Å². The van der Waals surface area contributed by atoms with Crippen LogP contribution >= 0.6 is 0 Å². The molecule has 2 aromatic heterocycles. The molecule has 130 valence electrons. The molecule has 0 N–H and O–H groups in total. The molecule has 1 aliphatic heterocycles. The molecule has 0 radical (unpaired) electrons. The molecular formula is C17H17F2N5O. The fourth-order valence-electron chi connectivity index (χ4n) is 3.06.